The Morgan fingerprint density at radius 2 is 1.69 bits per heavy atom. The molecule has 2 amide bonds. The molecule has 0 radical (unpaired) electrons. The largest absolute Gasteiger partial charge is 0.400 e. The first-order valence-electron chi connectivity index (χ1n) is 12.1. The maximum atomic E-state index is 13.5. The summed E-state index contributed by atoms with van der Waals surface area (Å²) in [7, 11) is 1.54. The molecule has 0 fully saturated rings. The maximum Gasteiger partial charge on any atom is 0.256 e. The molecule has 0 aromatic heterocycles. The van der Waals surface area contributed by atoms with Crippen molar-refractivity contribution in [3.63, 3.8) is 0 Å². The lowest BCUT2D eigenvalue weighted by atomic mass is 10.0. The third-order valence-corrected chi connectivity index (χ3v) is 7.27. The number of methoxy groups -OCH3 is 1. The molecule has 8 nitrogen and oxygen atoms in total. The summed E-state index contributed by atoms with van der Waals surface area (Å²) in [5.41, 5.74) is 8.33. The molecule has 3 aromatic carbocycles. The van der Waals surface area contributed by atoms with Crippen molar-refractivity contribution < 1.29 is 19.1 Å². The van der Waals surface area contributed by atoms with Crippen LogP contribution in [0.5, 0.6) is 0 Å². The number of carbonyl (C=O) groups is 3. The smallest absolute Gasteiger partial charge is 0.256 e. The van der Waals surface area contributed by atoms with E-state index in [0.717, 1.165) is 11.8 Å². The number of benzene rings is 3. The molecule has 0 bridgehead atoms. The number of hydrogen-bond donors (Lipinski definition) is 3. The number of ketones is 1. The second kappa shape index (κ2) is 12.8. The summed E-state index contributed by atoms with van der Waals surface area (Å²) in [5, 5.41) is 5.55. The van der Waals surface area contributed by atoms with Gasteiger partial charge in [-0.2, -0.15) is 0 Å². The summed E-state index contributed by atoms with van der Waals surface area (Å²) in [6, 6.07) is 22.0. The molecule has 3 aromatic rings. The van der Waals surface area contributed by atoms with E-state index in [1.807, 2.05) is 6.07 Å². The van der Waals surface area contributed by atoms with Crippen molar-refractivity contribution in [2.24, 2.45) is 10.7 Å². The van der Waals surface area contributed by atoms with Gasteiger partial charge in [0, 0.05) is 35.0 Å². The van der Waals surface area contributed by atoms with Gasteiger partial charge >= 0.3 is 0 Å². The van der Waals surface area contributed by atoms with Crippen LogP contribution < -0.4 is 16.4 Å². The number of hydrogen-bond acceptors (Lipinski definition) is 7. The number of aliphatic imine (C=N–C) groups is 1. The van der Waals surface area contributed by atoms with Gasteiger partial charge in [0.05, 0.1) is 23.6 Å². The van der Waals surface area contributed by atoms with Crippen LogP contribution in [0.1, 0.15) is 22.8 Å². The number of carbonyl (C=O) groups excluding carboxylic acids is 3. The number of nitrogens with one attached hydrogen (secondary N) is 2. The lowest BCUT2D eigenvalue weighted by Gasteiger charge is -2.15. The van der Waals surface area contributed by atoms with Crippen LogP contribution >= 0.6 is 23.4 Å². The van der Waals surface area contributed by atoms with E-state index in [9.17, 15) is 14.4 Å². The predicted octanol–water partition coefficient (Wildman–Crippen LogP) is 4.72. The molecule has 200 valence electrons. The van der Waals surface area contributed by atoms with Crippen molar-refractivity contribution in [2.75, 3.05) is 19.0 Å². The van der Waals surface area contributed by atoms with Crippen LogP contribution in [0.25, 0.3) is 0 Å². The molecule has 2 unspecified atom stereocenters. The molecule has 0 aliphatic carbocycles. The minimum Gasteiger partial charge on any atom is -0.400 e. The normalized spacial score (nSPS) is 16.7. The van der Waals surface area contributed by atoms with Gasteiger partial charge in [0.25, 0.3) is 5.91 Å². The van der Waals surface area contributed by atoms with E-state index in [1.54, 1.807) is 79.7 Å². The lowest BCUT2D eigenvalue weighted by molar-refractivity contribution is -0.117. The molecule has 0 saturated carbocycles. The van der Waals surface area contributed by atoms with Crippen molar-refractivity contribution in [3.8, 4) is 0 Å². The van der Waals surface area contributed by atoms with Gasteiger partial charge in [-0.25, -0.2) is 4.99 Å². The summed E-state index contributed by atoms with van der Waals surface area (Å²) in [6.45, 7) is 2.09. The topological polar surface area (TPSA) is 123 Å². The summed E-state index contributed by atoms with van der Waals surface area (Å²) in [5.74, 6) is -1.18. The summed E-state index contributed by atoms with van der Waals surface area (Å²) >= 11 is 7.06. The predicted molar refractivity (Wildman–Crippen MR) is 156 cm³/mol. The SMILES string of the molecule is COCC(C)NC(=O)C1=C(N)C(C(=O)Nc2ccccc2C(=O)c2ccccc2)SC1=Nc1ccc(Cl)cc1. The van der Waals surface area contributed by atoms with Gasteiger partial charge in [-0.15, -0.1) is 0 Å². The number of nitrogens with two attached hydrogens (primary N) is 1. The lowest BCUT2D eigenvalue weighted by Crippen LogP contribution is -2.38. The van der Waals surface area contributed by atoms with Crippen molar-refractivity contribution in [2.45, 2.75) is 18.2 Å². The third-order valence-electron chi connectivity index (χ3n) is 5.80. The summed E-state index contributed by atoms with van der Waals surface area (Å²) in [6.07, 6.45) is 0. The fourth-order valence-electron chi connectivity index (χ4n) is 3.95. The maximum absolute atomic E-state index is 13.5. The molecule has 39 heavy (non-hydrogen) atoms. The average Bonchev–Trinajstić information content (AvgIpc) is 3.26. The molecule has 4 rings (SSSR count). The Labute approximate surface area is 235 Å². The molecule has 2 atom stereocenters. The molecule has 1 heterocycles. The fourth-order valence-corrected chi connectivity index (χ4v) is 5.19. The van der Waals surface area contributed by atoms with Crippen LogP contribution in [0, 0.1) is 0 Å². The summed E-state index contributed by atoms with van der Waals surface area (Å²) < 4.78 is 5.11. The second-order valence-electron chi connectivity index (χ2n) is 8.78. The summed E-state index contributed by atoms with van der Waals surface area (Å²) in [4.78, 5) is 44.4. The van der Waals surface area contributed by atoms with Crippen LogP contribution in [-0.4, -0.2) is 47.6 Å². The van der Waals surface area contributed by atoms with E-state index in [-0.39, 0.29) is 23.1 Å². The Kier molecular flexibility index (Phi) is 9.19. The van der Waals surface area contributed by atoms with Gasteiger partial charge in [0.15, 0.2) is 5.78 Å². The molecule has 0 saturated heterocycles. The highest BCUT2D eigenvalue weighted by Gasteiger charge is 2.39. The number of para-hydroxylation sites is 1. The van der Waals surface area contributed by atoms with Crippen molar-refractivity contribution in [3.05, 3.63) is 106 Å². The van der Waals surface area contributed by atoms with E-state index in [2.05, 4.69) is 15.6 Å². The van der Waals surface area contributed by atoms with Gasteiger partial charge in [-0.1, -0.05) is 65.8 Å². The Hall–Kier alpha value is -3.92. The van der Waals surface area contributed by atoms with Crippen molar-refractivity contribution in [1.29, 1.82) is 0 Å². The molecule has 1 aliphatic heterocycles. The zero-order chi connectivity index (χ0) is 27.9. The van der Waals surface area contributed by atoms with Gasteiger partial charge < -0.3 is 21.1 Å². The number of anilines is 1. The van der Waals surface area contributed by atoms with E-state index >= 15 is 0 Å². The first kappa shape index (κ1) is 28.1. The van der Waals surface area contributed by atoms with Crippen LogP contribution in [0.3, 0.4) is 0 Å². The minimum atomic E-state index is -0.950. The number of halogens is 1. The van der Waals surface area contributed by atoms with Crippen LogP contribution in [0.4, 0.5) is 11.4 Å². The number of amides is 2. The van der Waals surface area contributed by atoms with Gasteiger partial charge in [-0.05, 0) is 43.3 Å². The zero-order valence-electron chi connectivity index (χ0n) is 21.3. The number of ether oxygens (including phenoxy) is 1. The Balaban J connectivity index is 1.64. The quantitative estimate of drug-likeness (QED) is 0.324. The highest BCUT2D eigenvalue weighted by atomic mass is 35.5. The monoisotopic (exact) mass is 562 g/mol. The van der Waals surface area contributed by atoms with Gasteiger partial charge in [0.2, 0.25) is 5.91 Å². The molecule has 4 N–H and O–H groups in total. The zero-order valence-corrected chi connectivity index (χ0v) is 22.9. The van der Waals surface area contributed by atoms with E-state index in [4.69, 9.17) is 22.1 Å². The van der Waals surface area contributed by atoms with Crippen LogP contribution in [-0.2, 0) is 14.3 Å². The standard InChI is InChI=1S/C29H27ClN4O4S/c1-17(16-38-2)32-27(36)23-24(31)26(39-29(23)33-20-14-12-19(30)13-15-20)28(37)34-22-11-7-6-10-21(22)25(35)18-8-4-3-5-9-18/h3-15,17,26H,16,31H2,1-2H3,(H,32,36)(H,34,37). The average molecular weight is 563 g/mol. The van der Waals surface area contributed by atoms with E-state index in [1.165, 1.54) is 7.11 Å². The fraction of sp³-hybridized carbons (Fsp3) is 0.172. The number of thioether (sulfide) groups is 1. The third kappa shape index (κ3) is 6.75. The van der Waals surface area contributed by atoms with E-state index in [0.29, 0.717) is 39.2 Å². The van der Waals surface area contributed by atoms with Crippen LogP contribution in [0.2, 0.25) is 5.02 Å². The van der Waals surface area contributed by atoms with E-state index < -0.39 is 17.1 Å². The Bertz CT molecular complexity index is 1440. The second-order valence-corrected chi connectivity index (χ2v) is 10.3. The van der Waals surface area contributed by atoms with Gasteiger partial charge in [0.1, 0.15) is 10.3 Å². The first-order chi connectivity index (χ1) is 18.8. The van der Waals surface area contributed by atoms with Crippen molar-refractivity contribution >= 4 is 57.4 Å². The molecular formula is C29H27ClN4O4S. The van der Waals surface area contributed by atoms with Crippen molar-refractivity contribution in [1.82, 2.24) is 5.32 Å². The first-order valence-corrected chi connectivity index (χ1v) is 13.3. The molecular weight excluding hydrogens is 536 g/mol. The highest BCUT2D eigenvalue weighted by Crippen LogP contribution is 2.36. The van der Waals surface area contributed by atoms with Gasteiger partial charge in [-0.3, -0.25) is 14.4 Å². The number of nitrogens with zero attached hydrogens (tertiary/aromatic N) is 1. The highest BCUT2D eigenvalue weighted by molar-refractivity contribution is 8.16. The molecule has 1 aliphatic rings. The number of rotatable bonds is 9. The Morgan fingerprint density at radius 3 is 2.38 bits per heavy atom. The molecule has 0 spiro atoms. The minimum absolute atomic E-state index is 0.0687. The molecule has 10 heteroatoms. The van der Waals surface area contributed by atoms with Crippen LogP contribution in [0.15, 0.2) is 95.1 Å². The Morgan fingerprint density at radius 1 is 1.03 bits per heavy atom.